The van der Waals surface area contributed by atoms with E-state index in [1.54, 1.807) is 12.1 Å². The van der Waals surface area contributed by atoms with Crippen molar-refractivity contribution in [2.75, 3.05) is 0 Å². The van der Waals surface area contributed by atoms with Crippen LogP contribution in [0.5, 0.6) is 0 Å². The van der Waals surface area contributed by atoms with Crippen LogP contribution < -0.4 is 5.32 Å². The molecule has 5 nitrogen and oxygen atoms in total. The van der Waals surface area contributed by atoms with Crippen molar-refractivity contribution < 1.29 is 9.32 Å². The first-order valence-corrected chi connectivity index (χ1v) is 9.33. The topological polar surface area (TPSA) is 68.0 Å². The van der Waals surface area contributed by atoms with Gasteiger partial charge in [0.25, 0.3) is 0 Å². The molecule has 1 N–H and O–H groups in total. The van der Waals surface area contributed by atoms with Gasteiger partial charge >= 0.3 is 0 Å². The molecule has 1 heterocycles. The summed E-state index contributed by atoms with van der Waals surface area (Å²) in [5.41, 5.74) is 1.91. The van der Waals surface area contributed by atoms with Crippen molar-refractivity contribution in [3.05, 3.63) is 71.1 Å². The Morgan fingerprint density at radius 3 is 2.63 bits per heavy atom. The minimum atomic E-state index is -0.339. The third kappa shape index (κ3) is 5.17. The molecule has 0 aliphatic heterocycles. The summed E-state index contributed by atoms with van der Waals surface area (Å²) >= 11 is 6.03. The smallest absolute Gasteiger partial charge is 0.249 e. The zero-order chi connectivity index (χ0) is 19.2. The molecule has 1 atom stereocenters. The second kappa shape index (κ2) is 8.82. The fourth-order valence-electron chi connectivity index (χ4n) is 2.77. The van der Waals surface area contributed by atoms with E-state index in [-0.39, 0.29) is 17.9 Å². The number of nitrogens with one attached hydrogen (secondary N) is 1. The van der Waals surface area contributed by atoms with Crippen molar-refractivity contribution in [2.24, 2.45) is 5.92 Å². The zero-order valence-corrected chi connectivity index (χ0v) is 16.1. The molecule has 1 amide bonds. The van der Waals surface area contributed by atoms with Gasteiger partial charge in [0, 0.05) is 17.0 Å². The number of halogens is 1. The Morgan fingerprint density at radius 2 is 1.93 bits per heavy atom. The third-order valence-corrected chi connectivity index (χ3v) is 4.49. The van der Waals surface area contributed by atoms with Crippen LogP contribution in [-0.4, -0.2) is 16.0 Å². The molecule has 6 heteroatoms. The lowest BCUT2D eigenvalue weighted by atomic mass is 10.0. The Balaban J connectivity index is 1.68. The molecule has 1 aromatic heterocycles. The summed E-state index contributed by atoms with van der Waals surface area (Å²) in [4.78, 5) is 16.9. The quantitative estimate of drug-likeness (QED) is 0.634. The number of aromatic nitrogens is 2. The minimum absolute atomic E-state index is 0.0416. The van der Waals surface area contributed by atoms with Crippen LogP contribution >= 0.6 is 11.6 Å². The summed E-state index contributed by atoms with van der Waals surface area (Å²) in [6.45, 7) is 4.01. The Kier molecular flexibility index (Phi) is 6.24. The molecule has 27 heavy (non-hydrogen) atoms. The molecule has 2 aromatic carbocycles. The lowest BCUT2D eigenvalue weighted by Gasteiger charge is -2.18. The summed E-state index contributed by atoms with van der Waals surface area (Å²) in [7, 11) is 0. The molecule has 0 saturated carbocycles. The first kappa shape index (κ1) is 19.1. The van der Waals surface area contributed by atoms with E-state index in [4.69, 9.17) is 16.1 Å². The van der Waals surface area contributed by atoms with Crippen LogP contribution in [0.1, 0.15) is 37.8 Å². The molecule has 140 valence electrons. The van der Waals surface area contributed by atoms with Crippen LogP contribution in [0.25, 0.3) is 11.4 Å². The second-order valence-corrected chi connectivity index (χ2v) is 7.18. The van der Waals surface area contributed by atoms with E-state index in [0.717, 1.165) is 11.1 Å². The number of carbonyl (C=O) groups excluding carboxylic acids is 1. The van der Waals surface area contributed by atoms with E-state index in [2.05, 4.69) is 15.5 Å². The van der Waals surface area contributed by atoms with Crippen LogP contribution in [0.4, 0.5) is 0 Å². The van der Waals surface area contributed by atoms with Gasteiger partial charge in [-0.3, -0.25) is 4.79 Å². The average Bonchev–Trinajstić information content (AvgIpc) is 3.15. The van der Waals surface area contributed by atoms with Crippen LogP contribution in [0.2, 0.25) is 5.02 Å². The van der Waals surface area contributed by atoms with Gasteiger partial charge in [-0.1, -0.05) is 73.1 Å². The van der Waals surface area contributed by atoms with Crippen LogP contribution in [0, 0.1) is 5.92 Å². The number of nitrogens with zero attached hydrogens (tertiary/aromatic N) is 2. The van der Waals surface area contributed by atoms with Crippen LogP contribution in [-0.2, 0) is 11.2 Å². The van der Waals surface area contributed by atoms with E-state index in [1.807, 2.05) is 56.3 Å². The molecule has 0 unspecified atom stereocenters. The van der Waals surface area contributed by atoms with Gasteiger partial charge in [-0.25, -0.2) is 0 Å². The lowest BCUT2D eigenvalue weighted by molar-refractivity contribution is -0.122. The summed E-state index contributed by atoms with van der Waals surface area (Å²) in [6.07, 6.45) is 1.09. The van der Waals surface area contributed by atoms with Crippen molar-refractivity contribution in [2.45, 2.75) is 32.7 Å². The Labute approximate surface area is 163 Å². The van der Waals surface area contributed by atoms with Crippen LogP contribution in [0.3, 0.4) is 0 Å². The molecule has 0 saturated heterocycles. The highest BCUT2D eigenvalue weighted by Crippen LogP contribution is 2.25. The number of carbonyl (C=O) groups is 1. The van der Waals surface area contributed by atoms with Gasteiger partial charge in [0.1, 0.15) is 6.04 Å². The predicted octanol–water partition coefficient (Wildman–Crippen LogP) is 4.84. The number of benzene rings is 2. The highest BCUT2D eigenvalue weighted by atomic mass is 35.5. The second-order valence-electron chi connectivity index (χ2n) is 6.74. The maximum absolute atomic E-state index is 12.4. The monoisotopic (exact) mass is 383 g/mol. The molecule has 0 radical (unpaired) electrons. The molecule has 0 aliphatic carbocycles. The fraction of sp³-hybridized carbons (Fsp3) is 0.286. The first-order chi connectivity index (χ1) is 13.0. The Bertz CT molecular complexity index is 893. The highest BCUT2D eigenvalue weighted by Gasteiger charge is 2.24. The number of rotatable bonds is 7. The maximum Gasteiger partial charge on any atom is 0.249 e. The molecule has 3 aromatic rings. The van der Waals surface area contributed by atoms with Crippen LogP contribution in [0.15, 0.2) is 59.1 Å². The molecule has 0 bridgehead atoms. The van der Waals surface area contributed by atoms with Gasteiger partial charge in [0.2, 0.25) is 17.6 Å². The molecular formula is C21H22ClN3O2. The number of aryl methyl sites for hydroxylation is 1. The zero-order valence-electron chi connectivity index (χ0n) is 15.4. The van der Waals surface area contributed by atoms with Crippen molar-refractivity contribution in [3.63, 3.8) is 0 Å². The maximum atomic E-state index is 12.4. The molecule has 0 fully saturated rings. The Morgan fingerprint density at radius 1 is 1.15 bits per heavy atom. The van der Waals surface area contributed by atoms with E-state index in [0.29, 0.717) is 29.6 Å². The van der Waals surface area contributed by atoms with E-state index < -0.39 is 0 Å². The molecular weight excluding hydrogens is 362 g/mol. The first-order valence-electron chi connectivity index (χ1n) is 8.96. The molecule has 0 spiro atoms. The van der Waals surface area contributed by atoms with Gasteiger partial charge < -0.3 is 9.84 Å². The van der Waals surface area contributed by atoms with E-state index in [9.17, 15) is 4.79 Å². The SMILES string of the molecule is CC(C)[C@H](NC(=O)CCc1ccccc1)c1nc(-c2cccc(Cl)c2)no1. The molecule has 0 aliphatic rings. The minimum Gasteiger partial charge on any atom is -0.344 e. The normalized spacial score (nSPS) is 12.1. The standard InChI is InChI=1S/C21H22ClN3O2/c1-14(2)19(23-18(26)12-11-15-7-4-3-5-8-15)21-24-20(25-27-21)16-9-6-10-17(22)13-16/h3-10,13-14,19H,11-12H2,1-2H3,(H,23,26)/t19-/m0/s1. The Hall–Kier alpha value is -2.66. The van der Waals surface area contributed by atoms with Crippen molar-refractivity contribution in [3.8, 4) is 11.4 Å². The predicted molar refractivity (Wildman–Crippen MR) is 105 cm³/mol. The van der Waals surface area contributed by atoms with Gasteiger partial charge in [-0.15, -0.1) is 0 Å². The number of hydrogen-bond acceptors (Lipinski definition) is 4. The van der Waals surface area contributed by atoms with Gasteiger partial charge in [-0.05, 0) is 30.0 Å². The fourth-order valence-corrected chi connectivity index (χ4v) is 2.96. The van der Waals surface area contributed by atoms with E-state index >= 15 is 0 Å². The number of hydrogen-bond donors (Lipinski definition) is 1. The summed E-state index contributed by atoms with van der Waals surface area (Å²) in [5.74, 6) is 0.920. The molecule has 3 rings (SSSR count). The van der Waals surface area contributed by atoms with Crippen molar-refractivity contribution in [1.82, 2.24) is 15.5 Å². The third-order valence-electron chi connectivity index (χ3n) is 4.26. The summed E-state index contributed by atoms with van der Waals surface area (Å²) in [6, 6.07) is 16.9. The highest BCUT2D eigenvalue weighted by molar-refractivity contribution is 6.30. The van der Waals surface area contributed by atoms with Crippen molar-refractivity contribution in [1.29, 1.82) is 0 Å². The van der Waals surface area contributed by atoms with Gasteiger partial charge in [0.15, 0.2) is 0 Å². The summed E-state index contributed by atoms with van der Waals surface area (Å²) in [5, 5.41) is 7.66. The average molecular weight is 384 g/mol. The van der Waals surface area contributed by atoms with E-state index in [1.165, 1.54) is 0 Å². The van der Waals surface area contributed by atoms with Gasteiger partial charge in [-0.2, -0.15) is 4.98 Å². The largest absolute Gasteiger partial charge is 0.344 e. The number of amides is 1. The van der Waals surface area contributed by atoms with Gasteiger partial charge in [0.05, 0.1) is 0 Å². The van der Waals surface area contributed by atoms with Crippen molar-refractivity contribution >= 4 is 17.5 Å². The lowest BCUT2D eigenvalue weighted by Crippen LogP contribution is -2.32. The summed E-state index contributed by atoms with van der Waals surface area (Å²) < 4.78 is 5.43.